The number of sulfonamides is 1. The highest BCUT2D eigenvalue weighted by molar-refractivity contribution is 7.92. The Hall–Kier alpha value is -4.14. The van der Waals surface area contributed by atoms with Crippen molar-refractivity contribution in [3.63, 3.8) is 0 Å². The number of hydrogen-bond acceptors (Lipinski definition) is 4. The van der Waals surface area contributed by atoms with E-state index in [1.165, 1.54) is 17.0 Å². The Labute approximate surface area is 259 Å². The molecule has 1 unspecified atom stereocenters. The quantitative estimate of drug-likeness (QED) is 0.201. The highest BCUT2D eigenvalue weighted by Crippen LogP contribution is 2.31. The van der Waals surface area contributed by atoms with E-state index >= 15 is 0 Å². The molecule has 0 bridgehead atoms. The largest absolute Gasteiger partial charge is 0.354 e. The van der Waals surface area contributed by atoms with E-state index in [4.69, 9.17) is 11.6 Å². The maximum absolute atomic E-state index is 14.4. The second kappa shape index (κ2) is 14.8. The van der Waals surface area contributed by atoms with E-state index in [9.17, 15) is 18.0 Å². The van der Waals surface area contributed by atoms with Crippen molar-refractivity contribution >= 4 is 39.1 Å². The third kappa shape index (κ3) is 8.46. The topological polar surface area (TPSA) is 86.8 Å². The zero-order chi connectivity index (χ0) is 30.8. The number of amides is 2. The number of benzene rings is 4. The molecule has 9 heteroatoms. The summed E-state index contributed by atoms with van der Waals surface area (Å²) in [5.74, 6) is -0.646. The Morgan fingerprint density at radius 1 is 0.767 bits per heavy atom. The Kier molecular flexibility index (Phi) is 11.0. The van der Waals surface area contributed by atoms with E-state index in [0.717, 1.165) is 15.4 Å². The maximum atomic E-state index is 14.4. The molecule has 4 rings (SSSR count). The van der Waals surface area contributed by atoms with Crippen molar-refractivity contribution < 1.29 is 18.0 Å². The van der Waals surface area contributed by atoms with E-state index in [0.29, 0.717) is 6.54 Å². The van der Waals surface area contributed by atoms with E-state index in [2.05, 4.69) is 5.32 Å². The average molecular weight is 618 g/mol. The minimum Gasteiger partial charge on any atom is -0.354 e. The van der Waals surface area contributed by atoms with Crippen LogP contribution in [0.1, 0.15) is 25.0 Å². The first-order chi connectivity index (χ1) is 20.7. The zero-order valence-electron chi connectivity index (χ0n) is 24.3. The van der Waals surface area contributed by atoms with Gasteiger partial charge in [0.1, 0.15) is 12.6 Å². The molecule has 0 heterocycles. The number of carbonyl (C=O) groups excluding carboxylic acids is 2. The molecule has 0 saturated heterocycles. The monoisotopic (exact) mass is 617 g/mol. The average Bonchev–Trinajstić information content (AvgIpc) is 3.02. The van der Waals surface area contributed by atoms with E-state index < -0.39 is 28.5 Å². The maximum Gasteiger partial charge on any atom is 0.264 e. The minimum absolute atomic E-state index is 0.0211. The van der Waals surface area contributed by atoms with E-state index in [1.54, 1.807) is 42.5 Å². The molecule has 224 valence electrons. The molecule has 0 spiro atoms. The fourth-order valence-corrected chi connectivity index (χ4v) is 6.39. The van der Waals surface area contributed by atoms with Gasteiger partial charge in [-0.25, -0.2) is 8.42 Å². The van der Waals surface area contributed by atoms with Crippen LogP contribution in [0.25, 0.3) is 0 Å². The van der Waals surface area contributed by atoms with Crippen LogP contribution in [0.15, 0.2) is 120 Å². The number of nitrogens with one attached hydrogen (secondary N) is 1. The number of carbonyl (C=O) groups is 2. The number of para-hydroxylation sites is 1. The van der Waals surface area contributed by atoms with Crippen LogP contribution in [-0.2, 0) is 32.6 Å². The summed E-state index contributed by atoms with van der Waals surface area (Å²) >= 11 is 6.50. The Morgan fingerprint density at radius 2 is 1.30 bits per heavy atom. The van der Waals surface area contributed by atoms with Gasteiger partial charge >= 0.3 is 0 Å². The summed E-state index contributed by atoms with van der Waals surface area (Å²) in [7, 11) is -4.20. The lowest BCUT2D eigenvalue weighted by Crippen LogP contribution is -2.53. The molecule has 0 aromatic heterocycles. The fourth-order valence-electron chi connectivity index (χ4n) is 4.64. The lowest BCUT2D eigenvalue weighted by molar-refractivity contribution is -0.140. The summed E-state index contributed by atoms with van der Waals surface area (Å²) in [6, 6.07) is 32.3. The molecular weight excluding hydrogens is 582 g/mol. The molecule has 0 radical (unpaired) electrons. The summed E-state index contributed by atoms with van der Waals surface area (Å²) in [5.41, 5.74) is 1.85. The van der Waals surface area contributed by atoms with Crippen molar-refractivity contribution in [1.82, 2.24) is 10.2 Å². The first kappa shape index (κ1) is 31.8. The molecule has 1 N–H and O–H groups in total. The standard InChI is InChI=1S/C34H36ClN3O4S/c1-26(2)23-36-34(40)32(22-27-14-6-3-7-15-27)37(24-28-16-8-4-9-17-28)33(39)25-38(31-21-13-12-20-30(31)35)43(41,42)29-18-10-5-11-19-29/h3-21,26,32H,22-25H2,1-2H3,(H,36,40). The predicted octanol–water partition coefficient (Wildman–Crippen LogP) is 5.95. The highest BCUT2D eigenvalue weighted by Gasteiger charge is 2.35. The van der Waals surface area contributed by atoms with Gasteiger partial charge in [0.25, 0.3) is 10.0 Å². The molecule has 0 aliphatic rings. The predicted molar refractivity (Wildman–Crippen MR) is 171 cm³/mol. The molecule has 0 fully saturated rings. The van der Waals surface area contributed by atoms with Crippen molar-refractivity contribution in [1.29, 1.82) is 0 Å². The first-order valence-corrected chi connectivity index (χ1v) is 16.0. The van der Waals surface area contributed by atoms with Gasteiger partial charge in [-0.3, -0.25) is 13.9 Å². The normalized spacial score (nSPS) is 12.0. The van der Waals surface area contributed by atoms with Crippen molar-refractivity contribution in [2.75, 3.05) is 17.4 Å². The summed E-state index contributed by atoms with van der Waals surface area (Å²) in [5, 5.41) is 3.17. The van der Waals surface area contributed by atoms with Crippen molar-refractivity contribution in [2.45, 2.75) is 37.8 Å². The molecule has 4 aromatic carbocycles. The summed E-state index contributed by atoms with van der Waals surface area (Å²) in [6.45, 7) is 3.97. The third-order valence-corrected chi connectivity index (χ3v) is 8.98. The lowest BCUT2D eigenvalue weighted by atomic mass is 10.0. The van der Waals surface area contributed by atoms with Gasteiger partial charge in [0.15, 0.2) is 0 Å². The van der Waals surface area contributed by atoms with Gasteiger partial charge in [-0.1, -0.05) is 116 Å². The van der Waals surface area contributed by atoms with Crippen LogP contribution in [0.5, 0.6) is 0 Å². The fraction of sp³-hybridized carbons (Fsp3) is 0.235. The van der Waals surface area contributed by atoms with E-state index in [-0.39, 0.29) is 40.4 Å². The highest BCUT2D eigenvalue weighted by atomic mass is 35.5. The summed E-state index contributed by atoms with van der Waals surface area (Å²) in [4.78, 5) is 29.6. The summed E-state index contributed by atoms with van der Waals surface area (Å²) < 4.78 is 29.0. The smallest absolute Gasteiger partial charge is 0.264 e. The molecule has 43 heavy (non-hydrogen) atoms. The van der Waals surface area contributed by atoms with Crippen LogP contribution in [0, 0.1) is 5.92 Å². The van der Waals surface area contributed by atoms with Crippen LogP contribution in [0.2, 0.25) is 5.02 Å². The van der Waals surface area contributed by atoms with Crippen LogP contribution in [0.4, 0.5) is 5.69 Å². The van der Waals surface area contributed by atoms with Gasteiger partial charge in [0, 0.05) is 19.5 Å². The van der Waals surface area contributed by atoms with Crippen molar-refractivity contribution in [3.8, 4) is 0 Å². The van der Waals surface area contributed by atoms with Gasteiger partial charge in [-0.2, -0.15) is 0 Å². The molecule has 0 saturated carbocycles. The number of anilines is 1. The molecule has 7 nitrogen and oxygen atoms in total. The van der Waals surface area contributed by atoms with Crippen LogP contribution < -0.4 is 9.62 Å². The van der Waals surface area contributed by atoms with Crippen LogP contribution in [-0.4, -0.2) is 44.3 Å². The van der Waals surface area contributed by atoms with Gasteiger partial charge in [0.05, 0.1) is 15.6 Å². The van der Waals surface area contributed by atoms with Crippen molar-refractivity contribution in [3.05, 3.63) is 131 Å². The minimum atomic E-state index is -4.20. The lowest BCUT2D eigenvalue weighted by Gasteiger charge is -2.34. The molecule has 2 amide bonds. The van der Waals surface area contributed by atoms with Gasteiger partial charge < -0.3 is 10.2 Å². The molecule has 0 aliphatic heterocycles. The molecule has 4 aromatic rings. The van der Waals surface area contributed by atoms with Gasteiger partial charge in [0.2, 0.25) is 11.8 Å². The Balaban J connectivity index is 1.78. The molecule has 0 aliphatic carbocycles. The first-order valence-electron chi connectivity index (χ1n) is 14.1. The second-order valence-corrected chi connectivity index (χ2v) is 12.9. The summed E-state index contributed by atoms with van der Waals surface area (Å²) in [6.07, 6.45) is 0.251. The third-order valence-electron chi connectivity index (χ3n) is 6.88. The number of halogens is 1. The van der Waals surface area contributed by atoms with E-state index in [1.807, 2.05) is 74.5 Å². The molecule has 1 atom stereocenters. The van der Waals surface area contributed by atoms with Crippen LogP contribution in [0.3, 0.4) is 0 Å². The zero-order valence-corrected chi connectivity index (χ0v) is 25.8. The molecular formula is C34H36ClN3O4S. The number of rotatable bonds is 13. The number of nitrogens with zero attached hydrogens (tertiary/aromatic N) is 2. The van der Waals surface area contributed by atoms with Gasteiger partial charge in [-0.15, -0.1) is 0 Å². The Bertz CT molecular complexity index is 1600. The van der Waals surface area contributed by atoms with Crippen LogP contribution >= 0.6 is 11.6 Å². The van der Waals surface area contributed by atoms with Gasteiger partial charge in [-0.05, 0) is 41.3 Å². The SMILES string of the molecule is CC(C)CNC(=O)C(Cc1ccccc1)N(Cc1ccccc1)C(=O)CN(c1ccccc1Cl)S(=O)(=O)c1ccccc1. The van der Waals surface area contributed by atoms with Crippen molar-refractivity contribution in [2.24, 2.45) is 5.92 Å². The Morgan fingerprint density at radius 3 is 1.88 bits per heavy atom. The second-order valence-electron chi connectivity index (χ2n) is 10.6. The number of hydrogen-bond donors (Lipinski definition) is 1.